The largest absolute Gasteiger partial charge is 0.458 e. The topological polar surface area (TPSA) is 177 Å². The van der Waals surface area contributed by atoms with Crippen LogP contribution in [0.2, 0.25) is 0 Å². The Morgan fingerprint density at radius 1 is 0.983 bits per heavy atom. The summed E-state index contributed by atoms with van der Waals surface area (Å²) in [5, 5.41) is 8.14. The van der Waals surface area contributed by atoms with Crippen LogP contribution >= 0.6 is 11.8 Å². The molecule has 0 aliphatic carbocycles. The maximum absolute atomic E-state index is 13.3. The van der Waals surface area contributed by atoms with Crippen LogP contribution in [0.5, 0.6) is 0 Å². The predicted molar refractivity (Wildman–Crippen MR) is 237 cm³/mol. The average molecular weight is 853 g/mol. The maximum atomic E-state index is 13.3. The first kappa shape index (κ1) is 51.4. The lowest BCUT2D eigenvalue weighted by molar-refractivity contribution is -0.147. The van der Waals surface area contributed by atoms with E-state index in [1.807, 2.05) is 78.2 Å². The number of thioether (sulfide) groups is 1. The number of Topliss-reactive ketones (excluding diaryl/α,β-unsaturated/α-hetero) is 1. The standard InChI is InChI=1S/C46H68N4O9S/c1-9-10-20-35(58-45(57)48-28-18-27-47-39(52)23-12-11-17-29-50-41(54)31-38(60-8)43(50)55)21-14-15-22-36(51)42(46(5,6)7)49-40(53)24-16-13-19-32(2)30-34(4)37-26-25-33(3)44(56)59-37/h9-10,13-16,19,24-25,30,34-35,37-38,42H,11-12,17-18,20-23,26-29,31H2,1-8H3,(H,47,52)(H,48,57)(H,49,53)/b10-9-,15-14-,19-13-,24-16-,32-30+/t34-,35-,37-,38?,42+/m0/s1. The van der Waals surface area contributed by atoms with Gasteiger partial charge in [0.15, 0.2) is 5.78 Å². The van der Waals surface area contributed by atoms with Gasteiger partial charge in [-0.25, -0.2) is 9.59 Å². The van der Waals surface area contributed by atoms with E-state index < -0.39 is 23.7 Å². The Morgan fingerprint density at radius 2 is 1.68 bits per heavy atom. The summed E-state index contributed by atoms with van der Waals surface area (Å²) in [6.07, 6.45) is 23.3. The lowest BCUT2D eigenvalue weighted by atomic mass is 9.83. The van der Waals surface area contributed by atoms with Gasteiger partial charge in [0.2, 0.25) is 23.6 Å². The average Bonchev–Trinajstić information content (AvgIpc) is 3.47. The van der Waals surface area contributed by atoms with Crippen LogP contribution in [0, 0.1) is 11.3 Å². The number of rotatable bonds is 25. The molecule has 0 radical (unpaired) electrons. The van der Waals surface area contributed by atoms with Gasteiger partial charge in [-0.15, -0.1) is 0 Å². The number of esters is 1. The molecular weight excluding hydrogens is 785 g/mol. The molecule has 1 fully saturated rings. The quantitative estimate of drug-likeness (QED) is 0.0217. The number of hydrogen-bond donors (Lipinski definition) is 3. The summed E-state index contributed by atoms with van der Waals surface area (Å²) in [7, 11) is 0. The summed E-state index contributed by atoms with van der Waals surface area (Å²) in [4.78, 5) is 88.3. The van der Waals surface area contributed by atoms with Crippen LogP contribution in [-0.4, -0.2) is 95.8 Å². The van der Waals surface area contributed by atoms with Gasteiger partial charge in [0.25, 0.3) is 0 Å². The van der Waals surface area contributed by atoms with Gasteiger partial charge in [-0.2, -0.15) is 11.8 Å². The van der Waals surface area contributed by atoms with E-state index in [4.69, 9.17) is 9.47 Å². The van der Waals surface area contributed by atoms with E-state index in [9.17, 15) is 33.6 Å². The summed E-state index contributed by atoms with van der Waals surface area (Å²) in [6, 6.07) is -0.730. The Hall–Kier alpha value is -4.72. The number of amides is 5. The van der Waals surface area contributed by atoms with Gasteiger partial charge < -0.3 is 25.4 Å². The van der Waals surface area contributed by atoms with Crippen molar-refractivity contribution in [2.45, 2.75) is 136 Å². The SMILES string of the molecule is C/C=C\C[C@@H](C/C=C\CC(=O)[C@@H](NC(=O)\C=C/C=C\C(C)=C\[C@H](C)[C@@H]1CC=C(C)C(=O)O1)C(C)(C)C)OC(=O)NCCCNC(=O)CCCCCN1C(=O)CC(SC)C1=O. The van der Waals surface area contributed by atoms with Crippen molar-refractivity contribution >= 4 is 53.2 Å². The monoisotopic (exact) mass is 852 g/mol. The van der Waals surface area contributed by atoms with Crippen molar-refractivity contribution in [3.63, 3.8) is 0 Å². The van der Waals surface area contributed by atoms with Crippen LogP contribution < -0.4 is 16.0 Å². The van der Waals surface area contributed by atoms with E-state index in [2.05, 4.69) is 16.0 Å². The molecule has 5 amide bonds. The lowest BCUT2D eigenvalue weighted by Gasteiger charge is -2.29. The number of ketones is 1. The zero-order valence-electron chi connectivity index (χ0n) is 36.9. The second-order valence-electron chi connectivity index (χ2n) is 16.3. The molecule has 1 saturated heterocycles. The number of imide groups is 1. The van der Waals surface area contributed by atoms with Gasteiger partial charge in [-0.3, -0.25) is 28.9 Å². The van der Waals surface area contributed by atoms with Crippen molar-refractivity contribution in [1.29, 1.82) is 0 Å². The fourth-order valence-electron chi connectivity index (χ4n) is 6.51. The fourth-order valence-corrected chi connectivity index (χ4v) is 7.15. The molecule has 1 unspecified atom stereocenters. The zero-order chi connectivity index (χ0) is 44.7. The van der Waals surface area contributed by atoms with E-state index in [1.165, 1.54) is 22.7 Å². The predicted octanol–water partition coefficient (Wildman–Crippen LogP) is 7.00. The first-order valence-electron chi connectivity index (χ1n) is 21.0. The Morgan fingerprint density at radius 3 is 2.35 bits per heavy atom. The summed E-state index contributed by atoms with van der Waals surface area (Å²) in [6.45, 7) is 14.3. The van der Waals surface area contributed by atoms with Crippen LogP contribution in [0.25, 0.3) is 0 Å². The van der Waals surface area contributed by atoms with Crippen molar-refractivity contribution < 1.29 is 43.0 Å². The molecule has 0 saturated carbocycles. The molecule has 2 aliphatic heterocycles. The Bertz CT molecular complexity index is 1670. The minimum absolute atomic E-state index is 0.0250. The van der Waals surface area contributed by atoms with Gasteiger partial charge in [-0.1, -0.05) is 94.4 Å². The molecule has 0 spiro atoms. The molecular formula is C46H68N4O9S. The second kappa shape index (κ2) is 27.2. The Labute approximate surface area is 361 Å². The molecule has 0 aromatic rings. The summed E-state index contributed by atoms with van der Waals surface area (Å²) in [5.41, 5.74) is 1.05. The number of alkyl carbamates (subject to hydrolysis) is 1. The number of likely N-dealkylation sites (tertiary alicyclic amines) is 1. The zero-order valence-corrected chi connectivity index (χ0v) is 37.7. The molecule has 0 aromatic carbocycles. The molecule has 13 nitrogen and oxygen atoms in total. The number of nitrogens with zero attached hydrogens (tertiary/aromatic N) is 1. The van der Waals surface area contributed by atoms with Gasteiger partial charge in [0.1, 0.15) is 12.2 Å². The number of hydrogen-bond acceptors (Lipinski definition) is 10. The number of carbonyl (C=O) groups is 7. The number of carbonyl (C=O) groups excluding carboxylic acids is 7. The van der Waals surface area contributed by atoms with E-state index in [0.717, 1.165) is 12.0 Å². The molecule has 3 N–H and O–H groups in total. The van der Waals surface area contributed by atoms with Crippen LogP contribution in [0.3, 0.4) is 0 Å². The van der Waals surface area contributed by atoms with Crippen LogP contribution in [0.1, 0.15) is 113 Å². The van der Waals surface area contributed by atoms with Crippen molar-refractivity contribution in [1.82, 2.24) is 20.9 Å². The summed E-state index contributed by atoms with van der Waals surface area (Å²) in [5.74, 6) is -1.13. The molecule has 2 heterocycles. The van der Waals surface area contributed by atoms with Crippen LogP contribution in [-0.2, 0) is 38.2 Å². The summed E-state index contributed by atoms with van der Waals surface area (Å²) < 4.78 is 11.1. The number of cyclic esters (lactones) is 1. The third kappa shape index (κ3) is 19.6. The Balaban J connectivity index is 1.72. The van der Waals surface area contributed by atoms with Crippen molar-refractivity contribution in [2.75, 3.05) is 25.9 Å². The van der Waals surface area contributed by atoms with E-state index in [0.29, 0.717) is 70.2 Å². The smallest absolute Gasteiger partial charge is 0.407 e. The van der Waals surface area contributed by atoms with Crippen LogP contribution in [0.15, 0.2) is 71.9 Å². The normalized spacial score (nSPS) is 19.2. The highest BCUT2D eigenvalue weighted by Crippen LogP contribution is 2.25. The molecule has 2 rings (SSSR count). The second-order valence-corrected chi connectivity index (χ2v) is 17.4. The molecule has 0 bridgehead atoms. The number of allylic oxidation sites excluding steroid dienone is 6. The highest BCUT2D eigenvalue weighted by Gasteiger charge is 2.37. The summed E-state index contributed by atoms with van der Waals surface area (Å²) >= 11 is 1.40. The molecule has 5 atom stereocenters. The van der Waals surface area contributed by atoms with E-state index >= 15 is 0 Å². The molecule has 0 aromatic heterocycles. The number of ether oxygens (including phenoxy) is 2. The van der Waals surface area contributed by atoms with E-state index in [-0.39, 0.29) is 65.5 Å². The molecule has 2 aliphatic rings. The van der Waals surface area contributed by atoms with Gasteiger partial charge >= 0.3 is 12.1 Å². The molecule has 14 heteroatoms. The van der Waals surface area contributed by atoms with Gasteiger partial charge in [0, 0.05) is 75.7 Å². The minimum Gasteiger partial charge on any atom is -0.458 e. The third-order valence-corrected chi connectivity index (χ3v) is 11.0. The van der Waals surface area contributed by atoms with Crippen LogP contribution in [0.4, 0.5) is 4.79 Å². The fraction of sp³-hybridized carbons (Fsp3) is 0.587. The van der Waals surface area contributed by atoms with Crippen molar-refractivity contribution in [2.24, 2.45) is 11.3 Å². The first-order valence-corrected chi connectivity index (χ1v) is 22.3. The molecule has 60 heavy (non-hydrogen) atoms. The highest BCUT2D eigenvalue weighted by atomic mass is 32.2. The number of unbranched alkanes of at least 4 members (excludes halogenated alkanes) is 2. The molecule has 332 valence electrons. The van der Waals surface area contributed by atoms with Crippen molar-refractivity contribution in [3.05, 3.63) is 71.9 Å². The third-order valence-electron chi connectivity index (χ3n) is 10.1. The lowest BCUT2D eigenvalue weighted by Crippen LogP contribution is -2.48. The van der Waals surface area contributed by atoms with Gasteiger partial charge in [-0.05, 0) is 51.7 Å². The highest BCUT2D eigenvalue weighted by molar-refractivity contribution is 8.00. The van der Waals surface area contributed by atoms with Gasteiger partial charge in [0.05, 0.1) is 11.3 Å². The Kier molecular flexibility index (Phi) is 23.3. The minimum atomic E-state index is -0.730. The maximum Gasteiger partial charge on any atom is 0.407 e. The first-order chi connectivity index (χ1) is 28.5. The van der Waals surface area contributed by atoms with E-state index in [1.54, 1.807) is 31.2 Å². The number of nitrogens with one attached hydrogen (secondary N) is 3. The van der Waals surface area contributed by atoms with Crippen molar-refractivity contribution in [3.8, 4) is 0 Å².